The summed E-state index contributed by atoms with van der Waals surface area (Å²) in [5.41, 5.74) is 28.9. The zero-order chi connectivity index (χ0) is 39.6. The third-order valence-electron chi connectivity index (χ3n) is 12.7. The van der Waals surface area contributed by atoms with Crippen LogP contribution in [0.4, 0.5) is 11.4 Å². The number of fused-ring (bicyclic) bond motifs is 12. The van der Waals surface area contributed by atoms with Crippen molar-refractivity contribution < 1.29 is 0 Å². The number of rotatable bonds is 4. The first-order valence-corrected chi connectivity index (χ1v) is 20.4. The third kappa shape index (κ3) is 4.21. The van der Waals surface area contributed by atoms with E-state index in [-0.39, 0.29) is 0 Å². The van der Waals surface area contributed by atoms with Crippen LogP contribution in [0.15, 0.2) is 194 Å². The van der Waals surface area contributed by atoms with Crippen molar-refractivity contribution in [2.45, 2.75) is 0 Å². The standard InChI is InChI=1S/C54H36N6/c55-49-51(57-41-25-9-1-17-33(41)34-18-2-10-26-42(34)57)50(56)53(59-45-29-13-5-21-37(45)38-22-6-14-30-46(38)59)54(60-47-31-15-7-23-39(47)40-24-8-16-32-48(40)60)52(49)58-43-27-11-3-19-35(43)36-20-4-12-28-44(36)58/h1-32H,55-56H2. The van der Waals surface area contributed by atoms with Gasteiger partial charge in [-0.15, -0.1) is 0 Å². The third-order valence-corrected chi connectivity index (χ3v) is 12.7. The molecular formula is C54H36N6. The van der Waals surface area contributed by atoms with Gasteiger partial charge in [0.1, 0.15) is 0 Å². The number of hydrogen-bond acceptors (Lipinski definition) is 2. The molecule has 13 aromatic rings. The SMILES string of the molecule is Nc1c(-n2c3ccccc3c3ccccc32)c(N)c(-n2c3ccccc3c3ccccc32)c(-n2c3ccccc3c3ccccc32)c1-n1c2ccccc2c2ccccc21. The maximum Gasteiger partial charge on any atom is 0.0991 e. The number of nitrogen functional groups attached to an aromatic ring is 2. The lowest BCUT2D eigenvalue weighted by Crippen LogP contribution is -2.17. The topological polar surface area (TPSA) is 71.8 Å². The predicted molar refractivity (Wildman–Crippen MR) is 253 cm³/mol. The number of hydrogen-bond donors (Lipinski definition) is 2. The van der Waals surface area contributed by atoms with Gasteiger partial charge in [-0.05, 0) is 48.5 Å². The summed E-state index contributed by atoms with van der Waals surface area (Å²) in [6, 6.07) is 69.1. The first-order valence-electron chi connectivity index (χ1n) is 20.4. The lowest BCUT2D eigenvalue weighted by atomic mass is 10.1. The molecule has 282 valence electrons. The molecule has 0 spiro atoms. The molecule has 60 heavy (non-hydrogen) atoms. The van der Waals surface area contributed by atoms with Crippen LogP contribution in [0.3, 0.4) is 0 Å². The molecule has 9 aromatic carbocycles. The summed E-state index contributed by atoms with van der Waals surface area (Å²) < 4.78 is 9.46. The molecule has 0 saturated heterocycles. The molecule has 0 aliphatic heterocycles. The molecule has 0 unspecified atom stereocenters. The Morgan fingerprint density at radius 3 is 0.583 bits per heavy atom. The van der Waals surface area contributed by atoms with Crippen molar-refractivity contribution >= 4 is 98.6 Å². The van der Waals surface area contributed by atoms with Crippen LogP contribution in [0.1, 0.15) is 0 Å². The van der Waals surface area contributed by atoms with E-state index in [2.05, 4.69) is 212 Å². The van der Waals surface area contributed by atoms with Crippen molar-refractivity contribution in [3.05, 3.63) is 194 Å². The fraction of sp³-hybridized carbons (Fsp3) is 0. The Morgan fingerprint density at radius 2 is 0.367 bits per heavy atom. The summed E-state index contributed by atoms with van der Waals surface area (Å²) in [5.74, 6) is 0. The second kappa shape index (κ2) is 12.1. The van der Waals surface area contributed by atoms with E-state index < -0.39 is 0 Å². The largest absolute Gasteiger partial charge is 0.395 e. The van der Waals surface area contributed by atoms with Gasteiger partial charge in [-0.2, -0.15) is 0 Å². The average molecular weight is 769 g/mol. The number of para-hydroxylation sites is 8. The van der Waals surface area contributed by atoms with Gasteiger partial charge in [0.2, 0.25) is 0 Å². The van der Waals surface area contributed by atoms with Gasteiger partial charge in [0, 0.05) is 43.1 Å². The number of aromatic nitrogens is 4. The predicted octanol–water partition coefficient (Wildman–Crippen LogP) is 13.2. The van der Waals surface area contributed by atoms with E-state index in [0.29, 0.717) is 11.4 Å². The van der Waals surface area contributed by atoms with Crippen LogP contribution in [-0.4, -0.2) is 18.3 Å². The van der Waals surface area contributed by atoms with E-state index in [1.54, 1.807) is 0 Å². The van der Waals surface area contributed by atoms with Crippen LogP contribution in [-0.2, 0) is 0 Å². The highest BCUT2D eigenvalue weighted by atomic mass is 15.1. The molecule has 0 amide bonds. The molecule has 4 heterocycles. The van der Waals surface area contributed by atoms with E-state index in [1.807, 2.05) is 0 Å². The minimum absolute atomic E-state index is 0.576. The Labute approximate surface area is 343 Å². The smallest absolute Gasteiger partial charge is 0.0991 e. The summed E-state index contributed by atoms with van der Waals surface area (Å²) in [5, 5.41) is 9.16. The van der Waals surface area contributed by atoms with Gasteiger partial charge in [0.25, 0.3) is 0 Å². The molecule has 0 aliphatic carbocycles. The number of anilines is 2. The molecule has 4 aromatic heterocycles. The zero-order valence-electron chi connectivity index (χ0n) is 32.4. The van der Waals surface area contributed by atoms with Crippen molar-refractivity contribution in [2.24, 2.45) is 0 Å². The minimum Gasteiger partial charge on any atom is -0.395 e. The van der Waals surface area contributed by atoms with Gasteiger partial charge >= 0.3 is 0 Å². The Balaban J connectivity index is 1.37. The number of nitrogens with zero attached hydrogens (tertiary/aromatic N) is 4. The highest BCUT2D eigenvalue weighted by Crippen LogP contribution is 2.51. The summed E-state index contributed by atoms with van der Waals surface area (Å²) in [6.07, 6.45) is 0. The molecule has 0 aliphatic rings. The van der Waals surface area contributed by atoms with Gasteiger partial charge < -0.3 is 29.7 Å². The van der Waals surface area contributed by atoms with Gasteiger partial charge in [-0.1, -0.05) is 146 Å². The van der Waals surface area contributed by atoms with Crippen LogP contribution in [0.25, 0.3) is 110 Å². The molecule has 0 fully saturated rings. The molecule has 6 nitrogen and oxygen atoms in total. The van der Waals surface area contributed by atoms with Crippen molar-refractivity contribution in [3.63, 3.8) is 0 Å². The Hall–Kier alpha value is -8.22. The Kier molecular flexibility index (Phi) is 6.65. The van der Waals surface area contributed by atoms with Crippen molar-refractivity contribution in [2.75, 3.05) is 11.5 Å². The van der Waals surface area contributed by atoms with E-state index in [4.69, 9.17) is 11.5 Å². The maximum absolute atomic E-state index is 8.03. The summed E-state index contributed by atoms with van der Waals surface area (Å²) >= 11 is 0. The Morgan fingerprint density at radius 1 is 0.200 bits per heavy atom. The monoisotopic (exact) mass is 768 g/mol. The number of benzene rings is 9. The maximum atomic E-state index is 8.03. The molecule has 0 radical (unpaired) electrons. The van der Waals surface area contributed by atoms with E-state index in [9.17, 15) is 0 Å². The van der Waals surface area contributed by atoms with Crippen molar-refractivity contribution in [3.8, 4) is 22.7 Å². The first-order chi connectivity index (χ1) is 29.7. The van der Waals surface area contributed by atoms with Gasteiger partial charge in [-0.25, -0.2) is 0 Å². The minimum atomic E-state index is 0.576. The lowest BCUT2D eigenvalue weighted by Gasteiger charge is -2.28. The van der Waals surface area contributed by atoms with Gasteiger partial charge in [-0.3, -0.25) is 0 Å². The van der Waals surface area contributed by atoms with Gasteiger partial charge in [0.15, 0.2) is 0 Å². The van der Waals surface area contributed by atoms with Crippen molar-refractivity contribution in [1.29, 1.82) is 0 Å². The molecule has 0 bridgehead atoms. The highest BCUT2D eigenvalue weighted by Gasteiger charge is 2.32. The summed E-state index contributed by atoms with van der Waals surface area (Å²) in [7, 11) is 0. The second-order valence-electron chi connectivity index (χ2n) is 15.7. The number of nitrogens with two attached hydrogens (primary N) is 2. The lowest BCUT2D eigenvalue weighted by molar-refractivity contribution is 1.04. The molecule has 6 heteroatoms. The quantitative estimate of drug-likeness (QED) is 0.175. The second-order valence-corrected chi connectivity index (χ2v) is 15.7. The molecule has 0 atom stereocenters. The van der Waals surface area contributed by atoms with Crippen LogP contribution >= 0.6 is 0 Å². The van der Waals surface area contributed by atoms with Crippen LogP contribution in [0, 0.1) is 0 Å². The first kappa shape index (κ1) is 32.8. The molecule has 4 N–H and O–H groups in total. The van der Waals surface area contributed by atoms with Crippen molar-refractivity contribution in [1.82, 2.24) is 18.3 Å². The van der Waals surface area contributed by atoms with E-state index >= 15 is 0 Å². The normalized spacial score (nSPS) is 12.1. The summed E-state index contributed by atoms with van der Waals surface area (Å²) in [6.45, 7) is 0. The molecule has 0 saturated carbocycles. The zero-order valence-corrected chi connectivity index (χ0v) is 32.4. The van der Waals surface area contributed by atoms with Crippen LogP contribution < -0.4 is 11.5 Å². The molecular weight excluding hydrogens is 733 g/mol. The fourth-order valence-electron chi connectivity index (χ4n) is 10.3. The van der Waals surface area contributed by atoms with E-state index in [1.165, 1.54) is 0 Å². The Bertz CT molecular complexity index is 3570. The summed E-state index contributed by atoms with van der Waals surface area (Å²) in [4.78, 5) is 0. The highest BCUT2D eigenvalue weighted by molar-refractivity contribution is 6.17. The van der Waals surface area contributed by atoms with E-state index in [0.717, 1.165) is 110 Å². The average Bonchev–Trinajstić information content (AvgIpc) is 4.02. The van der Waals surface area contributed by atoms with Crippen LogP contribution in [0.5, 0.6) is 0 Å². The van der Waals surface area contributed by atoms with Crippen LogP contribution in [0.2, 0.25) is 0 Å². The fourth-order valence-corrected chi connectivity index (χ4v) is 10.3. The molecule has 13 rings (SSSR count). The van der Waals surface area contributed by atoms with Gasteiger partial charge in [0.05, 0.1) is 78.3 Å².